The second-order valence-corrected chi connectivity index (χ2v) is 4.56. The standard InChI is InChI=1S/C13H15F3N2O3.ClH/c1-8(12(20)21)18(2)7-11(19)17-10-5-3-4-9(6-10)13(14,15)16;/h3-6,8H,7H2,1-2H3,(H,17,19)(H,20,21);1H. The summed E-state index contributed by atoms with van der Waals surface area (Å²) in [5.41, 5.74) is -0.862. The van der Waals surface area contributed by atoms with Gasteiger partial charge in [0, 0.05) is 5.69 Å². The molecule has 1 rings (SSSR count). The number of carboxylic acid groups (broad SMARTS) is 1. The zero-order chi connectivity index (χ0) is 16.2. The maximum atomic E-state index is 12.5. The quantitative estimate of drug-likeness (QED) is 0.864. The van der Waals surface area contributed by atoms with Gasteiger partial charge in [0.2, 0.25) is 5.91 Å². The van der Waals surface area contributed by atoms with Gasteiger partial charge in [-0.2, -0.15) is 13.2 Å². The van der Waals surface area contributed by atoms with E-state index in [4.69, 9.17) is 5.11 Å². The van der Waals surface area contributed by atoms with Gasteiger partial charge in [-0.15, -0.1) is 12.4 Å². The van der Waals surface area contributed by atoms with Gasteiger partial charge < -0.3 is 10.4 Å². The lowest BCUT2D eigenvalue weighted by Gasteiger charge is -2.20. The Balaban J connectivity index is 0.00000441. The number of hydrogen-bond donors (Lipinski definition) is 2. The minimum absolute atomic E-state index is 0. The molecule has 1 atom stereocenters. The van der Waals surface area contributed by atoms with Crippen LogP contribution in [0.2, 0.25) is 0 Å². The zero-order valence-electron chi connectivity index (χ0n) is 11.8. The average Bonchev–Trinajstić information content (AvgIpc) is 2.36. The predicted octanol–water partition coefficient (Wildman–Crippen LogP) is 2.47. The minimum atomic E-state index is -4.49. The van der Waals surface area contributed by atoms with Gasteiger partial charge in [-0.05, 0) is 32.2 Å². The summed E-state index contributed by atoms with van der Waals surface area (Å²) < 4.78 is 37.6. The number of amides is 1. The average molecular weight is 341 g/mol. The molecular formula is C13H16ClF3N2O3. The van der Waals surface area contributed by atoms with Gasteiger partial charge in [0.05, 0.1) is 12.1 Å². The Morgan fingerprint density at radius 2 is 1.95 bits per heavy atom. The van der Waals surface area contributed by atoms with Crippen molar-refractivity contribution in [3.8, 4) is 0 Å². The first kappa shape index (κ1) is 20.2. The largest absolute Gasteiger partial charge is 0.480 e. The van der Waals surface area contributed by atoms with Gasteiger partial charge in [-0.25, -0.2) is 0 Å². The summed E-state index contributed by atoms with van der Waals surface area (Å²) in [7, 11) is 1.44. The number of hydrogen-bond acceptors (Lipinski definition) is 3. The van der Waals surface area contributed by atoms with E-state index >= 15 is 0 Å². The molecule has 0 radical (unpaired) electrons. The Hall–Kier alpha value is -1.80. The van der Waals surface area contributed by atoms with Crippen LogP contribution in [0.15, 0.2) is 24.3 Å². The molecule has 22 heavy (non-hydrogen) atoms. The Bertz CT molecular complexity index is 538. The molecular weight excluding hydrogens is 325 g/mol. The molecule has 0 aliphatic carbocycles. The number of nitrogens with one attached hydrogen (secondary N) is 1. The molecule has 0 aliphatic heterocycles. The highest BCUT2D eigenvalue weighted by atomic mass is 35.5. The second-order valence-electron chi connectivity index (χ2n) is 4.56. The van der Waals surface area contributed by atoms with E-state index in [1.54, 1.807) is 0 Å². The third-order valence-corrected chi connectivity index (χ3v) is 2.89. The summed E-state index contributed by atoms with van der Waals surface area (Å²) in [5, 5.41) is 11.1. The lowest BCUT2D eigenvalue weighted by atomic mass is 10.2. The number of carbonyl (C=O) groups is 2. The highest BCUT2D eigenvalue weighted by Gasteiger charge is 2.30. The van der Waals surface area contributed by atoms with E-state index in [0.717, 1.165) is 12.1 Å². The zero-order valence-corrected chi connectivity index (χ0v) is 12.7. The van der Waals surface area contributed by atoms with Crippen LogP contribution in [0.5, 0.6) is 0 Å². The summed E-state index contributed by atoms with van der Waals surface area (Å²) in [6.07, 6.45) is -4.49. The number of benzene rings is 1. The van der Waals surface area contributed by atoms with E-state index in [1.165, 1.54) is 31.0 Å². The number of nitrogens with zero attached hydrogens (tertiary/aromatic N) is 1. The lowest BCUT2D eigenvalue weighted by Crippen LogP contribution is -2.40. The fourth-order valence-electron chi connectivity index (χ4n) is 1.53. The van der Waals surface area contributed by atoms with Crippen LogP contribution in [-0.4, -0.2) is 41.5 Å². The number of likely N-dealkylation sites (N-methyl/N-ethyl adjacent to an activating group) is 1. The molecule has 5 nitrogen and oxygen atoms in total. The van der Waals surface area contributed by atoms with Crippen molar-refractivity contribution in [2.45, 2.75) is 19.1 Å². The van der Waals surface area contributed by atoms with E-state index in [2.05, 4.69) is 5.32 Å². The molecule has 0 bridgehead atoms. The van der Waals surface area contributed by atoms with E-state index in [1.807, 2.05) is 0 Å². The summed E-state index contributed by atoms with van der Waals surface area (Å²) in [4.78, 5) is 23.7. The van der Waals surface area contributed by atoms with Crippen LogP contribution < -0.4 is 5.32 Å². The molecule has 1 aromatic rings. The number of aliphatic carboxylic acids is 1. The highest BCUT2D eigenvalue weighted by molar-refractivity contribution is 5.92. The molecule has 9 heteroatoms. The van der Waals surface area contributed by atoms with E-state index in [0.29, 0.717) is 0 Å². The summed E-state index contributed by atoms with van der Waals surface area (Å²) in [6, 6.07) is 3.35. The predicted molar refractivity (Wildman–Crippen MR) is 77.0 cm³/mol. The molecule has 124 valence electrons. The van der Waals surface area contributed by atoms with Crippen molar-refractivity contribution in [2.75, 3.05) is 18.9 Å². The second kappa shape index (κ2) is 8.00. The molecule has 1 unspecified atom stereocenters. The molecule has 0 saturated carbocycles. The molecule has 0 heterocycles. The van der Waals surface area contributed by atoms with Crippen LogP contribution >= 0.6 is 12.4 Å². The summed E-state index contributed by atoms with van der Waals surface area (Å²) in [6.45, 7) is 1.16. The van der Waals surface area contributed by atoms with Crippen molar-refractivity contribution in [3.05, 3.63) is 29.8 Å². The van der Waals surface area contributed by atoms with Crippen LogP contribution in [0, 0.1) is 0 Å². The first-order chi connectivity index (χ1) is 9.61. The summed E-state index contributed by atoms with van der Waals surface area (Å²) in [5.74, 6) is -1.69. The lowest BCUT2D eigenvalue weighted by molar-refractivity contribution is -0.142. The Morgan fingerprint density at radius 3 is 2.45 bits per heavy atom. The number of alkyl halides is 3. The topological polar surface area (TPSA) is 69.6 Å². The normalized spacial score (nSPS) is 12.5. The number of carboxylic acids is 1. The van der Waals surface area contributed by atoms with Gasteiger partial charge in [0.15, 0.2) is 0 Å². The fraction of sp³-hybridized carbons (Fsp3) is 0.385. The minimum Gasteiger partial charge on any atom is -0.480 e. The van der Waals surface area contributed by atoms with Gasteiger partial charge in [0.1, 0.15) is 6.04 Å². The fourth-order valence-corrected chi connectivity index (χ4v) is 1.53. The van der Waals surface area contributed by atoms with E-state index < -0.39 is 29.7 Å². The molecule has 0 spiro atoms. The van der Waals surface area contributed by atoms with Crippen molar-refractivity contribution in [1.29, 1.82) is 0 Å². The smallest absolute Gasteiger partial charge is 0.416 e. The third kappa shape index (κ3) is 5.90. The molecule has 0 fully saturated rings. The van der Waals surface area contributed by atoms with Gasteiger partial charge in [-0.3, -0.25) is 14.5 Å². The van der Waals surface area contributed by atoms with Crippen LogP contribution in [0.1, 0.15) is 12.5 Å². The number of halogens is 4. The highest BCUT2D eigenvalue weighted by Crippen LogP contribution is 2.30. The van der Waals surface area contributed by atoms with Crippen LogP contribution in [0.25, 0.3) is 0 Å². The van der Waals surface area contributed by atoms with Crippen molar-refractivity contribution in [1.82, 2.24) is 4.90 Å². The van der Waals surface area contributed by atoms with Crippen LogP contribution in [0.4, 0.5) is 18.9 Å². The molecule has 1 aromatic carbocycles. The molecule has 0 aliphatic rings. The number of rotatable bonds is 5. The summed E-state index contributed by atoms with van der Waals surface area (Å²) >= 11 is 0. The first-order valence-corrected chi connectivity index (χ1v) is 6.01. The van der Waals surface area contributed by atoms with Crippen LogP contribution in [-0.2, 0) is 15.8 Å². The Labute approximate surface area is 131 Å². The van der Waals surface area contributed by atoms with Crippen LogP contribution in [0.3, 0.4) is 0 Å². The van der Waals surface area contributed by atoms with Crippen molar-refractivity contribution in [2.24, 2.45) is 0 Å². The third-order valence-electron chi connectivity index (χ3n) is 2.89. The maximum absolute atomic E-state index is 12.5. The van der Waals surface area contributed by atoms with Gasteiger partial charge >= 0.3 is 12.1 Å². The maximum Gasteiger partial charge on any atom is 0.416 e. The Kier molecular flexibility index (Phi) is 7.34. The molecule has 0 saturated heterocycles. The Morgan fingerprint density at radius 1 is 1.36 bits per heavy atom. The van der Waals surface area contributed by atoms with Gasteiger partial charge in [0.25, 0.3) is 0 Å². The van der Waals surface area contributed by atoms with Crippen molar-refractivity contribution < 1.29 is 27.9 Å². The SMILES string of the molecule is CC(C(=O)O)N(C)CC(=O)Nc1cccc(C(F)(F)F)c1.Cl. The van der Waals surface area contributed by atoms with Gasteiger partial charge in [-0.1, -0.05) is 6.07 Å². The number of anilines is 1. The van der Waals surface area contributed by atoms with E-state index in [9.17, 15) is 22.8 Å². The monoisotopic (exact) mass is 340 g/mol. The van der Waals surface area contributed by atoms with Crippen molar-refractivity contribution in [3.63, 3.8) is 0 Å². The first-order valence-electron chi connectivity index (χ1n) is 6.01. The molecule has 2 N–H and O–H groups in total. The van der Waals surface area contributed by atoms with Crippen molar-refractivity contribution >= 4 is 30.0 Å². The molecule has 0 aromatic heterocycles. The molecule has 1 amide bonds. The van der Waals surface area contributed by atoms with E-state index in [-0.39, 0.29) is 24.6 Å². The number of carbonyl (C=O) groups excluding carboxylic acids is 1.